The van der Waals surface area contributed by atoms with Crippen LogP contribution in [0, 0.1) is 13.8 Å². The highest BCUT2D eigenvalue weighted by Crippen LogP contribution is 2.29. The molecule has 0 bridgehead atoms. The van der Waals surface area contributed by atoms with E-state index in [4.69, 9.17) is 0 Å². The van der Waals surface area contributed by atoms with Crippen molar-refractivity contribution in [3.05, 3.63) is 30.0 Å². The number of H-pyrrole nitrogens is 1. The Bertz CT molecular complexity index is 816. The number of imidazole rings is 1. The summed E-state index contributed by atoms with van der Waals surface area (Å²) >= 11 is 0. The van der Waals surface area contributed by atoms with Crippen LogP contribution in [-0.2, 0) is 0 Å². The number of β-amino-alcohol motifs (C(OH)–C–C–N with tert-alkyl or cyclic N) is 1. The van der Waals surface area contributed by atoms with Gasteiger partial charge >= 0.3 is 0 Å². The monoisotopic (exact) mass is 298 g/mol. The van der Waals surface area contributed by atoms with E-state index < -0.39 is 0 Å². The number of aliphatic hydroxyl groups is 1. The lowest BCUT2D eigenvalue weighted by Gasteiger charge is -2.17. The Labute approximate surface area is 127 Å². The number of hydrogen-bond acceptors (Lipinski definition) is 5. The number of nitrogens with one attached hydrogen (secondary N) is 1. The van der Waals surface area contributed by atoms with E-state index in [2.05, 4.69) is 25.1 Å². The van der Waals surface area contributed by atoms with Gasteiger partial charge in [0.05, 0.1) is 23.7 Å². The summed E-state index contributed by atoms with van der Waals surface area (Å²) in [5.74, 6) is 0.823. The van der Waals surface area contributed by atoms with Crippen LogP contribution in [0.4, 0.5) is 5.82 Å². The minimum atomic E-state index is -0.283. The number of fused-ring (bicyclic) bond motifs is 1. The van der Waals surface area contributed by atoms with E-state index in [0.717, 1.165) is 47.1 Å². The summed E-state index contributed by atoms with van der Waals surface area (Å²) in [6.07, 6.45) is 6.05. The lowest BCUT2D eigenvalue weighted by atomic mass is 10.1. The molecule has 0 saturated carbocycles. The lowest BCUT2D eigenvalue weighted by Crippen LogP contribution is -2.23. The molecule has 22 heavy (non-hydrogen) atoms. The average molecular weight is 298 g/mol. The third-order valence-electron chi connectivity index (χ3n) is 4.26. The Kier molecular flexibility index (Phi) is 2.90. The molecule has 2 N–H and O–H groups in total. The second-order valence-corrected chi connectivity index (χ2v) is 5.79. The first-order valence-electron chi connectivity index (χ1n) is 7.42. The van der Waals surface area contributed by atoms with Crippen LogP contribution in [0.15, 0.2) is 18.6 Å². The Hall–Kier alpha value is -2.41. The predicted molar refractivity (Wildman–Crippen MR) is 82.9 cm³/mol. The maximum atomic E-state index is 9.75. The summed E-state index contributed by atoms with van der Waals surface area (Å²) in [4.78, 5) is 11.1. The molecular weight excluding hydrogens is 280 g/mol. The van der Waals surface area contributed by atoms with Gasteiger partial charge in [-0.05, 0) is 20.3 Å². The van der Waals surface area contributed by atoms with Gasteiger partial charge in [-0.1, -0.05) is 0 Å². The third-order valence-corrected chi connectivity index (χ3v) is 4.26. The maximum Gasteiger partial charge on any atom is 0.180 e. The normalized spacial score (nSPS) is 18.5. The van der Waals surface area contributed by atoms with Crippen molar-refractivity contribution < 1.29 is 5.11 Å². The first-order chi connectivity index (χ1) is 10.6. The minimum absolute atomic E-state index is 0.283. The fourth-order valence-electron chi connectivity index (χ4n) is 3.18. The van der Waals surface area contributed by atoms with Crippen molar-refractivity contribution in [1.82, 2.24) is 24.6 Å². The molecule has 0 aromatic carbocycles. The largest absolute Gasteiger partial charge is 0.391 e. The number of hydrogen-bond donors (Lipinski definition) is 2. The summed E-state index contributed by atoms with van der Waals surface area (Å²) in [6.45, 7) is 5.41. The fourth-order valence-corrected chi connectivity index (χ4v) is 3.18. The number of anilines is 1. The molecule has 114 valence electrons. The molecule has 0 amide bonds. The Morgan fingerprint density at radius 3 is 2.86 bits per heavy atom. The number of aliphatic hydroxyl groups excluding tert-OH is 1. The van der Waals surface area contributed by atoms with Crippen molar-refractivity contribution in [2.24, 2.45) is 0 Å². The molecule has 1 saturated heterocycles. The van der Waals surface area contributed by atoms with Crippen LogP contribution >= 0.6 is 0 Å². The molecule has 1 unspecified atom stereocenters. The van der Waals surface area contributed by atoms with E-state index >= 15 is 0 Å². The van der Waals surface area contributed by atoms with Crippen LogP contribution in [0.3, 0.4) is 0 Å². The van der Waals surface area contributed by atoms with Gasteiger partial charge < -0.3 is 10.0 Å². The Morgan fingerprint density at radius 2 is 2.18 bits per heavy atom. The number of aryl methyl sites for hydroxylation is 2. The third kappa shape index (κ3) is 1.89. The highest BCUT2D eigenvalue weighted by atomic mass is 16.3. The molecule has 0 spiro atoms. The Morgan fingerprint density at radius 1 is 1.32 bits per heavy atom. The van der Waals surface area contributed by atoms with E-state index in [0.29, 0.717) is 6.54 Å². The zero-order chi connectivity index (χ0) is 15.3. The van der Waals surface area contributed by atoms with Gasteiger partial charge in [-0.3, -0.25) is 9.50 Å². The molecule has 3 aromatic heterocycles. The molecule has 4 rings (SSSR count). The number of rotatable bonds is 2. The SMILES string of the molecule is Cc1n[nH]c(C)c1-c1cnc2c(N3CCC(O)C3)nccn12. The summed E-state index contributed by atoms with van der Waals surface area (Å²) in [7, 11) is 0. The van der Waals surface area contributed by atoms with Crippen LogP contribution in [0.5, 0.6) is 0 Å². The van der Waals surface area contributed by atoms with Gasteiger partial charge in [0.15, 0.2) is 11.5 Å². The van der Waals surface area contributed by atoms with Crippen LogP contribution < -0.4 is 4.90 Å². The molecule has 7 nitrogen and oxygen atoms in total. The van der Waals surface area contributed by atoms with Crippen molar-refractivity contribution >= 4 is 11.5 Å². The van der Waals surface area contributed by atoms with Gasteiger partial charge in [-0.15, -0.1) is 0 Å². The van der Waals surface area contributed by atoms with Crippen molar-refractivity contribution in [2.45, 2.75) is 26.4 Å². The quantitative estimate of drug-likeness (QED) is 0.745. The molecular formula is C15H18N6O. The van der Waals surface area contributed by atoms with Gasteiger partial charge in [-0.2, -0.15) is 5.10 Å². The van der Waals surface area contributed by atoms with Crippen molar-refractivity contribution in [3.63, 3.8) is 0 Å². The summed E-state index contributed by atoms with van der Waals surface area (Å²) in [5, 5.41) is 17.0. The van der Waals surface area contributed by atoms with E-state index in [1.165, 1.54) is 0 Å². The summed E-state index contributed by atoms with van der Waals surface area (Å²) in [6, 6.07) is 0. The van der Waals surface area contributed by atoms with E-state index in [9.17, 15) is 5.11 Å². The Balaban J connectivity index is 1.87. The van der Waals surface area contributed by atoms with Crippen molar-refractivity contribution in [3.8, 4) is 11.3 Å². The predicted octanol–water partition coefficient (Wildman–Crippen LogP) is 1.31. The van der Waals surface area contributed by atoms with Gasteiger partial charge in [0.1, 0.15) is 0 Å². The molecule has 3 aromatic rings. The van der Waals surface area contributed by atoms with Crippen LogP contribution in [0.2, 0.25) is 0 Å². The van der Waals surface area contributed by atoms with Gasteiger partial charge in [0, 0.05) is 36.7 Å². The fraction of sp³-hybridized carbons (Fsp3) is 0.400. The highest BCUT2D eigenvalue weighted by Gasteiger charge is 2.24. The number of aromatic nitrogens is 5. The second kappa shape index (κ2) is 4.81. The average Bonchev–Trinajstić information content (AvgIpc) is 3.19. The van der Waals surface area contributed by atoms with Gasteiger partial charge in [0.25, 0.3) is 0 Å². The molecule has 1 aliphatic heterocycles. The molecule has 4 heterocycles. The molecule has 0 radical (unpaired) electrons. The minimum Gasteiger partial charge on any atom is -0.391 e. The molecule has 7 heteroatoms. The van der Waals surface area contributed by atoms with E-state index in [1.54, 1.807) is 6.20 Å². The molecule has 0 aliphatic carbocycles. The smallest absolute Gasteiger partial charge is 0.180 e. The second-order valence-electron chi connectivity index (χ2n) is 5.79. The first kappa shape index (κ1) is 13.3. The molecule has 1 atom stereocenters. The lowest BCUT2D eigenvalue weighted by molar-refractivity contribution is 0.198. The summed E-state index contributed by atoms with van der Waals surface area (Å²) < 4.78 is 2.04. The molecule has 1 fully saturated rings. The van der Waals surface area contributed by atoms with Gasteiger partial charge in [-0.25, -0.2) is 9.97 Å². The standard InChI is InChI=1S/C15H18N6O/c1-9-13(10(2)19-18-9)12-7-17-15-14(16-4-6-21(12)15)20-5-3-11(22)8-20/h4,6-7,11,22H,3,5,8H2,1-2H3,(H,18,19). The van der Waals surface area contributed by atoms with Crippen LogP contribution in [0.1, 0.15) is 17.8 Å². The van der Waals surface area contributed by atoms with Crippen LogP contribution in [-0.4, -0.2) is 48.9 Å². The zero-order valence-corrected chi connectivity index (χ0v) is 12.6. The number of aromatic amines is 1. The molecule has 1 aliphatic rings. The first-order valence-corrected chi connectivity index (χ1v) is 7.42. The van der Waals surface area contributed by atoms with Crippen molar-refractivity contribution in [1.29, 1.82) is 0 Å². The zero-order valence-electron chi connectivity index (χ0n) is 12.6. The number of nitrogens with zero attached hydrogens (tertiary/aromatic N) is 5. The van der Waals surface area contributed by atoms with E-state index in [-0.39, 0.29) is 6.10 Å². The van der Waals surface area contributed by atoms with E-state index in [1.807, 2.05) is 30.6 Å². The maximum absolute atomic E-state index is 9.75. The summed E-state index contributed by atoms with van der Waals surface area (Å²) in [5.41, 5.74) is 4.86. The van der Waals surface area contributed by atoms with Gasteiger partial charge in [0.2, 0.25) is 0 Å². The highest BCUT2D eigenvalue weighted by molar-refractivity contribution is 5.73. The van der Waals surface area contributed by atoms with Crippen molar-refractivity contribution in [2.75, 3.05) is 18.0 Å². The topological polar surface area (TPSA) is 82.3 Å². The van der Waals surface area contributed by atoms with Crippen LogP contribution in [0.25, 0.3) is 16.9 Å².